The number of esters is 2. The van der Waals surface area contributed by atoms with Crippen LogP contribution in [0.15, 0.2) is 0 Å². The lowest BCUT2D eigenvalue weighted by molar-refractivity contribution is -0.153. The standard InChI is InChI=1S/C46H88O3/c1-2-3-4-5-6-7-8-9-10-11-12-13-14-15-16-17-18-19-20-21-22-23-24-25-26-27-28-29-30-31-32-33-34-35-36-37-38-39-40-41-42-44-43-45(47)49-46(44)48/h44H,2-43H2,1H3. The molecule has 49 heavy (non-hydrogen) atoms. The number of carbonyl (C=O) groups excluding carboxylic acids is 2. The molecule has 0 aromatic heterocycles. The molecule has 1 saturated heterocycles. The van der Waals surface area contributed by atoms with Gasteiger partial charge in [-0.1, -0.05) is 264 Å². The second-order valence-electron chi connectivity index (χ2n) is 16.3. The van der Waals surface area contributed by atoms with Crippen molar-refractivity contribution in [2.24, 2.45) is 5.92 Å². The molecule has 3 heteroatoms. The summed E-state index contributed by atoms with van der Waals surface area (Å²) >= 11 is 0. The number of unbranched alkanes of at least 4 members (excludes halogenated alkanes) is 39. The molecule has 1 heterocycles. The van der Waals surface area contributed by atoms with Gasteiger partial charge in [0.15, 0.2) is 0 Å². The molecular formula is C46H88O3. The molecule has 0 amide bonds. The Morgan fingerprint density at radius 1 is 0.347 bits per heavy atom. The van der Waals surface area contributed by atoms with Crippen LogP contribution in [0.3, 0.4) is 0 Å². The van der Waals surface area contributed by atoms with Gasteiger partial charge in [-0.25, -0.2) is 0 Å². The van der Waals surface area contributed by atoms with Gasteiger partial charge in [0.05, 0.1) is 12.3 Å². The van der Waals surface area contributed by atoms with Crippen LogP contribution in [0.1, 0.15) is 277 Å². The Bertz CT molecular complexity index is 688. The summed E-state index contributed by atoms with van der Waals surface area (Å²) in [4.78, 5) is 22.6. The molecule has 1 rings (SSSR count). The van der Waals surface area contributed by atoms with Crippen molar-refractivity contribution in [3.63, 3.8) is 0 Å². The summed E-state index contributed by atoms with van der Waals surface area (Å²) in [5.41, 5.74) is 0. The third kappa shape index (κ3) is 34.0. The zero-order chi connectivity index (χ0) is 35.1. The molecule has 0 radical (unpaired) electrons. The van der Waals surface area contributed by atoms with Gasteiger partial charge < -0.3 is 4.74 Å². The first-order valence-electron chi connectivity index (χ1n) is 23.0. The fourth-order valence-electron chi connectivity index (χ4n) is 7.92. The third-order valence-corrected chi connectivity index (χ3v) is 11.4. The van der Waals surface area contributed by atoms with Crippen molar-refractivity contribution < 1.29 is 14.3 Å². The molecule has 0 aromatic carbocycles. The van der Waals surface area contributed by atoms with Crippen LogP contribution in [0.25, 0.3) is 0 Å². The van der Waals surface area contributed by atoms with E-state index in [1.54, 1.807) is 0 Å². The largest absolute Gasteiger partial charge is 0.393 e. The van der Waals surface area contributed by atoms with Crippen LogP contribution in [-0.2, 0) is 14.3 Å². The monoisotopic (exact) mass is 689 g/mol. The Hall–Kier alpha value is -0.860. The lowest BCUT2D eigenvalue weighted by Crippen LogP contribution is -2.06. The molecule has 1 unspecified atom stereocenters. The van der Waals surface area contributed by atoms with Crippen molar-refractivity contribution >= 4 is 11.9 Å². The fraction of sp³-hybridized carbons (Fsp3) is 0.957. The zero-order valence-electron chi connectivity index (χ0n) is 33.5. The van der Waals surface area contributed by atoms with E-state index in [-0.39, 0.29) is 17.9 Å². The first-order valence-corrected chi connectivity index (χ1v) is 23.0. The molecule has 0 aromatic rings. The second-order valence-corrected chi connectivity index (χ2v) is 16.3. The molecule has 1 aliphatic heterocycles. The van der Waals surface area contributed by atoms with Crippen LogP contribution < -0.4 is 0 Å². The van der Waals surface area contributed by atoms with Crippen molar-refractivity contribution in [2.45, 2.75) is 277 Å². The maximum atomic E-state index is 11.5. The van der Waals surface area contributed by atoms with Gasteiger partial charge in [-0.15, -0.1) is 0 Å². The second kappa shape index (κ2) is 38.4. The normalized spacial score (nSPS) is 14.7. The number of cyclic esters (lactones) is 2. The fourth-order valence-corrected chi connectivity index (χ4v) is 7.92. The molecule has 290 valence electrons. The van der Waals surface area contributed by atoms with Gasteiger partial charge in [-0.2, -0.15) is 0 Å². The number of rotatable bonds is 41. The van der Waals surface area contributed by atoms with Crippen molar-refractivity contribution in [2.75, 3.05) is 0 Å². The first kappa shape index (κ1) is 46.2. The molecular weight excluding hydrogens is 601 g/mol. The van der Waals surface area contributed by atoms with Crippen LogP contribution in [0.5, 0.6) is 0 Å². The minimum atomic E-state index is -0.336. The predicted octanol–water partition coefficient (Wildman–Crippen LogP) is 16.1. The number of carbonyl (C=O) groups is 2. The van der Waals surface area contributed by atoms with E-state index >= 15 is 0 Å². The highest BCUT2D eigenvalue weighted by Gasteiger charge is 2.32. The lowest BCUT2D eigenvalue weighted by atomic mass is 9.98. The highest BCUT2D eigenvalue weighted by atomic mass is 16.6. The molecule has 0 N–H and O–H groups in total. The third-order valence-electron chi connectivity index (χ3n) is 11.4. The summed E-state index contributed by atoms with van der Waals surface area (Å²) in [6.07, 6.45) is 58.4. The van der Waals surface area contributed by atoms with Crippen molar-refractivity contribution in [3.05, 3.63) is 0 Å². The smallest absolute Gasteiger partial charge is 0.317 e. The van der Waals surface area contributed by atoms with Crippen molar-refractivity contribution in [3.8, 4) is 0 Å². The highest BCUT2D eigenvalue weighted by molar-refractivity contribution is 5.94. The Balaban J connectivity index is 1.61. The molecule has 0 aliphatic carbocycles. The van der Waals surface area contributed by atoms with Crippen molar-refractivity contribution in [1.82, 2.24) is 0 Å². The Kier molecular flexibility index (Phi) is 36.1. The Morgan fingerprint density at radius 2 is 0.551 bits per heavy atom. The highest BCUT2D eigenvalue weighted by Crippen LogP contribution is 2.23. The predicted molar refractivity (Wildman–Crippen MR) is 214 cm³/mol. The summed E-state index contributed by atoms with van der Waals surface area (Å²) < 4.78 is 4.63. The molecule has 1 atom stereocenters. The average molecular weight is 689 g/mol. The molecule has 3 nitrogen and oxygen atoms in total. The molecule has 0 bridgehead atoms. The number of hydrogen-bond donors (Lipinski definition) is 0. The van der Waals surface area contributed by atoms with Crippen LogP contribution in [0.4, 0.5) is 0 Å². The lowest BCUT2D eigenvalue weighted by Gasteiger charge is -2.05. The average Bonchev–Trinajstić information content (AvgIpc) is 3.43. The van der Waals surface area contributed by atoms with Gasteiger partial charge in [0, 0.05) is 0 Å². The Labute approximate surface area is 308 Å². The topological polar surface area (TPSA) is 43.4 Å². The molecule has 1 fully saturated rings. The van der Waals surface area contributed by atoms with E-state index < -0.39 is 0 Å². The minimum Gasteiger partial charge on any atom is -0.393 e. The van der Waals surface area contributed by atoms with Crippen LogP contribution >= 0.6 is 0 Å². The van der Waals surface area contributed by atoms with Gasteiger partial charge in [-0.3, -0.25) is 9.59 Å². The van der Waals surface area contributed by atoms with Gasteiger partial charge >= 0.3 is 11.9 Å². The quantitative estimate of drug-likeness (QED) is 0.0365. The molecule has 0 saturated carbocycles. The number of hydrogen-bond acceptors (Lipinski definition) is 3. The maximum Gasteiger partial charge on any atom is 0.317 e. The van der Waals surface area contributed by atoms with Crippen LogP contribution in [-0.4, -0.2) is 11.9 Å². The summed E-state index contributed by atoms with van der Waals surface area (Å²) in [5.74, 6) is -0.788. The molecule has 1 aliphatic rings. The molecule has 0 spiro atoms. The van der Waals surface area contributed by atoms with Crippen LogP contribution in [0, 0.1) is 5.92 Å². The summed E-state index contributed by atoms with van der Waals surface area (Å²) in [6.45, 7) is 2.31. The van der Waals surface area contributed by atoms with E-state index in [0.29, 0.717) is 6.42 Å². The minimum absolute atomic E-state index is 0.157. The summed E-state index contributed by atoms with van der Waals surface area (Å²) in [5, 5.41) is 0. The summed E-state index contributed by atoms with van der Waals surface area (Å²) in [7, 11) is 0. The number of ether oxygens (including phenoxy) is 1. The van der Waals surface area contributed by atoms with E-state index in [0.717, 1.165) is 12.8 Å². The first-order chi connectivity index (χ1) is 24.2. The van der Waals surface area contributed by atoms with E-state index in [4.69, 9.17) is 0 Å². The van der Waals surface area contributed by atoms with Gasteiger partial charge in [0.1, 0.15) is 0 Å². The van der Waals surface area contributed by atoms with Gasteiger partial charge in [0.25, 0.3) is 0 Å². The zero-order valence-corrected chi connectivity index (χ0v) is 33.5. The Morgan fingerprint density at radius 3 is 0.735 bits per heavy atom. The van der Waals surface area contributed by atoms with Gasteiger partial charge in [-0.05, 0) is 6.42 Å². The van der Waals surface area contributed by atoms with Crippen LogP contribution in [0.2, 0.25) is 0 Å². The van der Waals surface area contributed by atoms with Crippen molar-refractivity contribution in [1.29, 1.82) is 0 Å². The van der Waals surface area contributed by atoms with E-state index in [9.17, 15) is 9.59 Å². The SMILES string of the molecule is CCCCCCCCCCCCCCCCCCCCCCCCCCCCCCCCCCCCCCCCCCC1CC(=O)OC1=O. The summed E-state index contributed by atoms with van der Waals surface area (Å²) in [6, 6.07) is 0. The van der Waals surface area contributed by atoms with E-state index in [1.165, 1.54) is 250 Å². The van der Waals surface area contributed by atoms with Gasteiger partial charge in [0.2, 0.25) is 0 Å². The maximum absolute atomic E-state index is 11.5. The van der Waals surface area contributed by atoms with E-state index in [2.05, 4.69) is 11.7 Å². The van der Waals surface area contributed by atoms with E-state index in [1.807, 2.05) is 0 Å².